The van der Waals surface area contributed by atoms with Crippen molar-refractivity contribution < 1.29 is 18.8 Å². The number of halogens is 1. The second-order valence-electron chi connectivity index (χ2n) is 7.60. The highest BCUT2D eigenvalue weighted by Crippen LogP contribution is 2.29. The molecule has 3 heterocycles. The minimum absolute atomic E-state index is 0.0140. The van der Waals surface area contributed by atoms with Crippen molar-refractivity contribution in [1.29, 1.82) is 0 Å². The number of amides is 2. The van der Waals surface area contributed by atoms with E-state index in [1.54, 1.807) is 23.2 Å². The Balaban J connectivity index is 1.69. The number of carbonyl (C=O) groups excluding carboxylic acids is 3. The highest BCUT2D eigenvalue weighted by atomic mass is 19.1. The zero-order valence-corrected chi connectivity index (χ0v) is 17.2. The molecule has 4 rings (SSSR count). The number of aromatic nitrogens is 3. The molecule has 0 aliphatic carbocycles. The van der Waals surface area contributed by atoms with Gasteiger partial charge in [-0.3, -0.25) is 14.4 Å². The Morgan fingerprint density at radius 2 is 2.00 bits per heavy atom. The number of ketones is 1. The van der Waals surface area contributed by atoms with Crippen LogP contribution in [0.25, 0.3) is 22.0 Å². The van der Waals surface area contributed by atoms with Crippen molar-refractivity contribution >= 4 is 28.5 Å². The van der Waals surface area contributed by atoms with Crippen LogP contribution in [-0.4, -0.2) is 63.1 Å². The number of nitrogens with one attached hydrogen (secondary N) is 1. The van der Waals surface area contributed by atoms with Gasteiger partial charge in [-0.15, -0.1) is 0 Å². The molecule has 3 aromatic rings. The van der Waals surface area contributed by atoms with Crippen LogP contribution < -0.4 is 5.32 Å². The van der Waals surface area contributed by atoms with Crippen molar-refractivity contribution in [3.8, 4) is 11.1 Å². The fourth-order valence-electron chi connectivity index (χ4n) is 4.06. The van der Waals surface area contributed by atoms with Gasteiger partial charge in [-0.1, -0.05) is 6.07 Å². The minimum Gasteiger partial charge on any atom is -0.357 e. The van der Waals surface area contributed by atoms with Crippen molar-refractivity contribution in [2.24, 2.45) is 0 Å². The second kappa shape index (κ2) is 8.25. The Morgan fingerprint density at radius 3 is 2.68 bits per heavy atom. The number of Topliss-reactive ketones (excluding diaryl/α,β-unsaturated/α-hetero) is 1. The maximum absolute atomic E-state index is 14.0. The van der Waals surface area contributed by atoms with E-state index in [2.05, 4.69) is 15.5 Å². The minimum atomic E-state index is -1.24. The molecule has 160 valence electrons. The standard InChI is InChI=1S/C22H22FN5O3/c1-13(29)18-11-27(12-21(30)28-10-16(23)8-20(28)22(31)24-2)19-4-3-14(7-17(18)19)15-5-6-25-26-9-15/h3-7,9,11,16,20H,8,10,12H2,1-2H3,(H,24,31). The molecular formula is C22H22FN5O3. The summed E-state index contributed by atoms with van der Waals surface area (Å²) in [4.78, 5) is 38.6. The molecule has 2 unspecified atom stereocenters. The summed E-state index contributed by atoms with van der Waals surface area (Å²) < 4.78 is 15.6. The van der Waals surface area contributed by atoms with Crippen molar-refractivity contribution in [3.63, 3.8) is 0 Å². The van der Waals surface area contributed by atoms with Gasteiger partial charge in [0.25, 0.3) is 0 Å². The molecule has 9 heteroatoms. The van der Waals surface area contributed by atoms with Gasteiger partial charge in [-0.25, -0.2) is 4.39 Å². The lowest BCUT2D eigenvalue weighted by Crippen LogP contribution is -2.46. The van der Waals surface area contributed by atoms with Crippen LogP contribution in [0.5, 0.6) is 0 Å². The second-order valence-corrected chi connectivity index (χ2v) is 7.60. The van der Waals surface area contributed by atoms with Gasteiger partial charge in [-0.05, 0) is 30.7 Å². The van der Waals surface area contributed by atoms with Crippen LogP contribution in [0.15, 0.2) is 42.9 Å². The molecule has 1 N–H and O–H groups in total. The molecule has 1 saturated heterocycles. The summed E-state index contributed by atoms with van der Waals surface area (Å²) in [5.74, 6) is -0.886. The number of nitrogens with zero attached hydrogens (tertiary/aromatic N) is 4. The number of fused-ring (bicyclic) bond motifs is 1. The monoisotopic (exact) mass is 423 g/mol. The summed E-state index contributed by atoms with van der Waals surface area (Å²) in [6.07, 6.45) is 3.61. The fraction of sp³-hybridized carbons (Fsp3) is 0.318. The lowest BCUT2D eigenvalue weighted by atomic mass is 10.0. The van der Waals surface area contributed by atoms with E-state index >= 15 is 0 Å². The zero-order chi connectivity index (χ0) is 22.1. The summed E-state index contributed by atoms with van der Waals surface area (Å²) >= 11 is 0. The summed E-state index contributed by atoms with van der Waals surface area (Å²) in [7, 11) is 1.46. The smallest absolute Gasteiger partial charge is 0.243 e. The first-order chi connectivity index (χ1) is 14.9. The fourth-order valence-corrected chi connectivity index (χ4v) is 4.06. The summed E-state index contributed by atoms with van der Waals surface area (Å²) in [5.41, 5.74) is 2.92. The van der Waals surface area contributed by atoms with Gasteiger partial charge in [0.1, 0.15) is 18.8 Å². The molecule has 2 aromatic heterocycles. The van der Waals surface area contributed by atoms with Crippen LogP contribution in [0.1, 0.15) is 23.7 Å². The molecular weight excluding hydrogens is 401 g/mol. The Hall–Kier alpha value is -3.62. The van der Waals surface area contributed by atoms with Crippen LogP contribution >= 0.6 is 0 Å². The third kappa shape index (κ3) is 3.90. The normalized spacial score (nSPS) is 18.4. The number of carbonyl (C=O) groups is 3. The van der Waals surface area contributed by atoms with Crippen molar-refractivity contribution in [3.05, 3.63) is 48.4 Å². The van der Waals surface area contributed by atoms with E-state index in [0.717, 1.165) is 11.1 Å². The summed E-state index contributed by atoms with van der Waals surface area (Å²) in [5, 5.41) is 10.9. The average Bonchev–Trinajstić information content (AvgIpc) is 3.34. The van der Waals surface area contributed by atoms with Gasteiger partial charge in [0.2, 0.25) is 11.8 Å². The SMILES string of the molecule is CNC(=O)C1CC(F)CN1C(=O)Cn1cc(C(C)=O)c2cc(-c3ccnnc3)ccc21. The number of hydrogen-bond donors (Lipinski definition) is 1. The molecule has 31 heavy (non-hydrogen) atoms. The van der Waals surface area contributed by atoms with Crippen molar-refractivity contribution in [2.75, 3.05) is 13.6 Å². The number of likely N-dealkylation sites (N-methyl/N-ethyl adjacent to an activating group) is 1. The van der Waals surface area contributed by atoms with E-state index in [4.69, 9.17) is 0 Å². The van der Waals surface area contributed by atoms with Gasteiger partial charge in [0, 0.05) is 41.7 Å². The van der Waals surface area contributed by atoms with Crippen molar-refractivity contribution in [1.82, 2.24) is 25.0 Å². The molecule has 0 radical (unpaired) electrons. The first kappa shape index (κ1) is 20.6. The summed E-state index contributed by atoms with van der Waals surface area (Å²) in [6, 6.07) is 6.59. The van der Waals surface area contributed by atoms with Crippen LogP contribution in [-0.2, 0) is 16.1 Å². The first-order valence-electron chi connectivity index (χ1n) is 9.95. The molecule has 8 nitrogen and oxygen atoms in total. The Bertz CT molecular complexity index is 1160. The maximum Gasteiger partial charge on any atom is 0.243 e. The van der Waals surface area contributed by atoms with E-state index in [1.807, 2.05) is 24.3 Å². The highest BCUT2D eigenvalue weighted by Gasteiger charge is 2.39. The van der Waals surface area contributed by atoms with E-state index in [-0.39, 0.29) is 37.1 Å². The number of benzene rings is 1. The van der Waals surface area contributed by atoms with Crippen LogP contribution in [0.2, 0.25) is 0 Å². The van der Waals surface area contributed by atoms with E-state index in [1.165, 1.54) is 18.9 Å². The van der Waals surface area contributed by atoms with E-state index < -0.39 is 12.2 Å². The van der Waals surface area contributed by atoms with E-state index in [9.17, 15) is 18.8 Å². The molecule has 0 spiro atoms. The number of likely N-dealkylation sites (tertiary alicyclic amines) is 1. The number of rotatable bonds is 5. The topological polar surface area (TPSA) is 97.2 Å². The van der Waals surface area contributed by atoms with Gasteiger partial charge < -0.3 is 14.8 Å². The third-order valence-electron chi connectivity index (χ3n) is 5.60. The molecule has 1 fully saturated rings. The zero-order valence-electron chi connectivity index (χ0n) is 17.2. The quantitative estimate of drug-likeness (QED) is 0.633. The van der Waals surface area contributed by atoms with E-state index in [0.29, 0.717) is 16.5 Å². The van der Waals surface area contributed by atoms with Gasteiger partial charge in [-0.2, -0.15) is 10.2 Å². The Morgan fingerprint density at radius 1 is 1.19 bits per heavy atom. The summed E-state index contributed by atoms with van der Waals surface area (Å²) in [6.45, 7) is 1.26. The number of hydrogen-bond acceptors (Lipinski definition) is 5. The first-order valence-corrected chi connectivity index (χ1v) is 9.95. The maximum atomic E-state index is 14.0. The molecule has 1 aliphatic heterocycles. The highest BCUT2D eigenvalue weighted by molar-refractivity contribution is 6.08. The Kier molecular flexibility index (Phi) is 5.50. The molecule has 1 aliphatic rings. The average molecular weight is 423 g/mol. The third-order valence-corrected chi connectivity index (χ3v) is 5.60. The predicted molar refractivity (Wildman–Crippen MR) is 112 cm³/mol. The molecule has 0 bridgehead atoms. The number of alkyl halides is 1. The van der Waals surface area contributed by atoms with Crippen LogP contribution in [0, 0.1) is 0 Å². The Labute approximate surface area is 178 Å². The van der Waals surface area contributed by atoms with Gasteiger partial charge in [0.15, 0.2) is 5.78 Å². The molecule has 2 amide bonds. The van der Waals surface area contributed by atoms with Gasteiger partial charge in [0.05, 0.1) is 18.9 Å². The predicted octanol–water partition coefficient (Wildman–Crippen LogP) is 1.99. The van der Waals surface area contributed by atoms with Crippen molar-refractivity contribution in [2.45, 2.75) is 32.1 Å². The van der Waals surface area contributed by atoms with Crippen LogP contribution in [0.4, 0.5) is 4.39 Å². The lowest BCUT2D eigenvalue weighted by molar-refractivity contribution is -0.138. The lowest BCUT2D eigenvalue weighted by Gasteiger charge is -2.23. The van der Waals surface area contributed by atoms with Gasteiger partial charge >= 0.3 is 0 Å². The molecule has 0 saturated carbocycles. The van der Waals surface area contributed by atoms with Crippen LogP contribution in [0.3, 0.4) is 0 Å². The molecule has 1 aromatic carbocycles. The largest absolute Gasteiger partial charge is 0.357 e. The molecule has 2 atom stereocenters.